The van der Waals surface area contributed by atoms with E-state index in [0.717, 1.165) is 19.0 Å². The second-order valence-corrected chi connectivity index (χ2v) is 4.29. The number of rotatable bonds is 4. The fraction of sp³-hybridized carbons (Fsp3) is 0.455. The zero-order chi connectivity index (χ0) is 14.0. The minimum Gasteiger partial charge on any atom is -0.477 e. The molecule has 0 radical (unpaired) electrons. The predicted octanol–water partition coefficient (Wildman–Crippen LogP) is 0.649. The summed E-state index contributed by atoms with van der Waals surface area (Å²) in [5.41, 5.74) is -0.922. The molecule has 0 aliphatic carbocycles. The number of carboxylic acid groups (broad SMARTS) is 1. The second-order valence-electron chi connectivity index (χ2n) is 4.29. The molecule has 0 amide bonds. The first kappa shape index (κ1) is 13.2. The lowest BCUT2D eigenvalue weighted by Gasteiger charge is -2.24. The van der Waals surface area contributed by atoms with Crippen LogP contribution in [-0.4, -0.2) is 45.3 Å². The SMILES string of the molecule is O=C(O)c1cc(N2CCCC2CO)ncc1[N+](=O)[O-]. The summed E-state index contributed by atoms with van der Waals surface area (Å²) in [4.78, 5) is 26.7. The first-order valence-electron chi connectivity index (χ1n) is 5.80. The summed E-state index contributed by atoms with van der Waals surface area (Å²) >= 11 is 0. The summed E-state index contributed by atoms with van der Waals surface area (Å²) in [5.74, 6) is -1.02. The Morgan fingerprint density at radius 1 is 1.63 bits per heavy atom. The highest BCUT2D eigenvalue weighted by Crippen LogP contribution is 2.27. The Morgan fingerprint density at radius 3 is 2.95 bits per heavy atom. The van der Waals surface area contributed by atoms with Crippen LogP contribution in [0.25, 0.3) is 0 Å². The minimum atomic E-state index is -1.37. The van der Waals surface area contributed by atoms with Gasteiger partial charge in [-0.1, -0.05) is 0 Å². The lowest BCUT2D eigenvalue weighted by molar-refractivity contribution is -0.385. The van der Waals surface area contributed by atoms with E-state index >= 15 is 0 Å². The lowest BCUT2D eigenvalue weighted by Crippen LogP contribution is -2.32. The van der Waals surface area contributed by atoms with Crippen LogP contribution in [0.5, 0.6) is 0 Å². The van der Waals surface area contributed by atoms with Crippen LogP contribution in [0.4, 0.5) is 11.5 Å². The molecule has 2 heterocycles. The van der Waals surface area contributed by atoms with Gasteiger partial charge in [-0.15, -0.1) is 0 Å². The highest BCUT2D eigenvalue weighted by atomic mass is 16.6. The third-order valence-corrected chi connectivity index (χ3v) is 3.18. The number of nitrogens with zero attached hydrogens (tertiary/aromatic N) is 3. The largest absolute Gasteiger partial charge is 0.477 e. The van der Waals surface area contributed by atoms with Crippen molar-refractivity contribution in [3.8, 4) is 0 Å². The van der Waals surface area contributed by atoms with Crippen molar-refractivity contribution in [1.29, 1.82) is 0 Å². The van der Waals surface area contributed by atoms with Gasteiger partial charge in [-0.3, -0.25) is 10.1 Å². The molecule has 1 aromatic heterocycles. The van der Waals surface area contributed by atoms with E-state index in [0.29, 0.717) is 12.4 Å². The Labute approximate surface area is 108 Å². The monoisotopic (exact) mass is 267 g/mol. The van der Waals surface area contributed by atoms with E-state index in [4.69, 9.17) is 5.11 Å². The van der Waals surface area contributed by atoms with Crippen LogP contribution in [-0.2, 0) is 0 Å². The molecule has 1 fully saturated rings. The van der Waals surface area contributed by atoms with Crippen LogP contribution in [0.15, 0.2) is 12.3 Å². The molecule has 8 nitrogen and oxygen atoms in total. The Bertz CT molecular complexity index is 519. The van der Waals surface area contributed by atoms with Gasteiger partial charge in [0.2, 0.25) is 0 Å². The maximum absolute atomic E-state index is 11.0. The molecule has 19 heavy (non-hydrogen) atoms. The number of aromatic carboxylic acids is 1. The fourth-order valence-electron chi connectivity index (χ4n) is 2.24. The zero-order valence-electron chi connectivity index (χ0n) is 10.0. The van der Waals surface area contributed by atoms with Gasteiger partial charge in [0.25, 0.3) is 0 Å². The van der Waals surface area contributed by atoms with Gasteiger partial charge in [0.05, 0.1) is 17.6 Å². The van der Waals surface area contributed by atoms with Crippen molar-refractivity contribution in [2.24, 2.45) is 0 Å². The van der Waals surface area contributed by atoms with E-state index in [1.807, 2.05) is 0 Å². The molecule has 2 N–H and O–H groups in total. The topological polar surface area (TPSA) is 117 Å². The Hall–Kier alpha value is -2.22. The van der Waals surface area contributed by atoms with Crippen LogP contribution in [0.3, 0.4) is 0 Å². The molecule has 0 aromatic carbocycles. The van der Waals surface area contributed by atoms with E-state index in [-0.39, 0.29) is 12.6 Å². The molecule has 1 aliphatic heterocycles. The number of nitro groups is 1. The normalized spacial score (nSPS) is 18.6. The highest BCUT2D eigenvalue weighted by Gasteiger charge is 2.28. The summed E-state index contributed by atoms with van der Waals surface area (Å²) in [6.45, 7) is 0.593. The molecule has 8 heteroatoms. The number of hydrogen-bond donors (Lipinski definition) is 2. The summed E-state index contributed by atoms with van der Waals surface area (Å²) in [6.07, 6.45) is 2.61. The predicted molar refractivity (Wildman–Crippen MR) is 65.3 cm³/mol. The van der Waals surface area contributed by atoms with Crippen molar-refractivity contribution in [2.45, 2.75) is 18.9 Å². The first-order chi connectivity index (χ1) is 9.04. The van der Waals surface area contributed by atoms with Gasteiger partial charge in [0, 0.05) is 12.6 Å². The van der Waals surface area contributed by atoms with E-state index in [2.05, 4.69) is 4.98 Å². The van der Waals surface area contributed by atoms with Gasteiger partial charge in [-0.2, -0.15) is 0 Å². The van der Waals surface area contributed by atoms with E-state index in [9.17, 15) is 20.0 Å². The summed E-state index contributed by atoms with van der Waals surface area (Å²) in [5, 5.41) is 29.0. The smallest absolute Gasteiger partial charge is 0.342 e. The minimum absolute atomic E-state index is 0.0545. The molecule has 0 bridgehead atoms. The van der Waals surface area contributed by atoms with Crippen LogP contribution in [0.1, 0.15) is 23.2 Å². The van der Waals surface area contributed by atoms with Gasteiger partial charge in [-0.05, 0) is 12.8 Å². The average molecular weight is 267 g/mol. The third kappa shape index (κ3) is 2.48. The molecule has 102 valence electrons. The van der Waals surface area contributed by atoms with Crippen molar-refractivity contribution >= 4 is 17.5 Å². The Balaban J connectivity index is 2.40. The van der Waals surface area contributed by atoms with Gasteiger partial charge in [-0.25, -0.2) is 9.78 Å². The van der Waals surface area contributed by atoms with Crippen molar-refractivity contribution in [2.75, 3.05) is 18.1 Å². The van der Waals surface area contributed by atoms with Gasteiger partial charge >= 0.3 is 11.7 Å². The van der Waals surface area contributed by atoms with Crippen LogP contribution in [0.2, 0.25) is 0 Å². The highest BCUT2D eigenvalue weighted by molar-refractivity contribution is 5.93. The molecule has 0 spiro atoms. The third-order valence-electron chi connectivity index (χ3n) is 3.18. The second kappa shape index (κ2) is 5.19. The van der Waals surface area contributed by atoms with Crippen molar-refractivity contribution < 1.29 is 19.9 Å². The van der Waals surface area contributed by atoms with Crippen molar-refractivity contribution in [3.05, 3.63) is 27.9 Å². The van der Waals surface area contributed by atoms with E-state index in [1.165, 1.54) is 6.07 Å². The zero-order valence-corrected chi connectivity index (χ0v) is 10.0. The summed E-state index contributed by atoms with van der Waals surface area (Å²) < 4.78 is 0. The number of aromatic nitrogens is 1. The summed E-state index contributed by atoms with van der Waals surface area (Å²) in [6, 6.07) is 1.07. The average Bonchev–Trinajstić information content (AvgIpc) is 2.86. The number of hydrogen-bond acceptors (Lipinski definition) is 6. The Morgan fingerprint density at radius 2 is 2.37 bits per heavy atom. The van der Waals surface area contributed by atoms with Gasteiger partial charge < -0.3 is 15.1 Å². The molecule has 1 unspecified atom stereocenters. The maximum atomic E-state index is 11.0. The maximum Gasteiger partial charge on any atom is 0.342 e. The van der Waals surface area contributed by atoms with Gasteiger partial charge in [0.15, 0.2) is 0 Å². The molecule has 1 atom stereocenters. The molecule has 1 aliphatic rings. The number of carbonyl (C=O) groups is 1. The Kier molecular flexibility index (Phi) is 3.61. The van der Waals surface area contributed by atoms with E-state index in [1.54, 1.807) is 4.90 Å². The van der Waals surface area contributed by atoms with Crippen molar-refractivity contribution in [3.63, 3.8) is 0 Å². The number of anilines is 1. The number of aliphatic hydroxyl groups is 1. The van der Waals surface area contributed by atoms with Crippen LogP contribution in [0, 0.1) is 10.1 Å². The number of pyridine rings is 1. The number of aliphatic hydroxyl groups excluding tert-OH is 1. The molecular formula is C11H13N3O5. The molecule has 1 saturated heterocycles. The molecular weight excluding hydrogens is 254 g/mol. The quantitative estimate of drug-likeness (QED) is 0.607. The lowest BCUT2D eigenvalue weighted by atomic mass is 10.2. The van der Waals surface area contributed by atoms with Gasteiger partial charge in [0.1, 0.15) is 17.6 Å². The first-order valence-corrected chi connectivity index (χ1v) is 5.80. The van der Waals surface area contributed by atoms with Crippen LogP contribution >= 0.6 is 0 Å². The van der Waals surface area contributed by atoms with E-state index < -0.39 is 22.1 Å². The fourth-order valence-corrected chi connectivity index (χ4v) is 2.24. The molecule has 2 rings (SSSR count). The summed E-state index contributed by atoms with van der Waals surface area (Å²) in [7, 11) is 0. The molecule has 0 saturated carbocycles. The standard InChI is InChI=1S/C11H13N3O5/c15-6-7-2-1-3-13(7)10-4-8(11(16)17)9(5-12-10)14(18)19/h4-5,7,15H,1-3,6H2,(H,16,17). The van der Waals surface area contributed by atoms with Crippen molar-refractivity contribution in [1.82, 2.24) is 4.98 Å². The molecule has 1 aromatic rings. The van der Waals surface area contributed by atoms with Crippen LogP contribution < -0.4 is 4.90 Å². The number of carboxylic acids is 1.